The quantitative estimate of drug-likeness (QED) is 0.817. The van der Waals surface area contributed by atoms with Gasteiger partial charge in [-0.15, -0.1) is 0 Å². The molecule has 3 heteroatoms. The lowest BCUT2D eigenvalue weighted by atomic mass is 9.91. The number of aryl methyl sites for hydroxylation is 2. The Balaban J connectivity index is 3.23. The second kappa shape index (κ2) is 7.19. The minimum atomic E-state index is -0.356. The van der Waals surface area contributed by atoms with Crippen LogP contribution < -0.4 is 0 Å². The SMILES string of the molecule is CC(=O)c1c(C)cc(C)c(CN(CC(C)O)C(C)C)c1C. The number of aliphatic hydroxyl groups is 1. The van der Waals surface area contributed by atoms with Gasteiger partial charge in [-0.25, -0.2) is 0 Å². The van der Waals surface area contributed by atoms with Gasteiger partial charge in [0.15, 0.2) is 5.78 Å². The van der Waals surface area contributed by atoms with Gasteiger partial charge < -0.3 is 5.11 Å². The average Bonchev–Trinajstić information content (AvgIpc) is 2.31. The molecular formula is C18H29NO2. The van der Waals surface area contributed by atoms with Gasteiger partial charge in [-0.1, -0.05) is 6.07 Å². The van der Waals surface area contributed by atoms with Crippen molar-refractivity contribution in [3.05, 3.63) is 33.9 Å². The van der Waals surface area contributed by atoms with E-state index in [4.69, 9.17) is 0 Å². The van der Waals surface area contributed by atoms with Crippen molar-refractivity contribution >= 4 is 5.78 Å². The number of Topliss-reactive ketones (excluding diaryl/α,β-unsaturated/α-hetero) is 1. The molecule has 0 radical (unpaired) electrons. The molecule has 0 heterocycles. The summed E-state index contributed by atoms with van der Waals surface area (Å²) in [7, 11) is 0. The van der Waals surface area contributed by atoms with Gasteiger partial charge in [-0.05, 0) is 70.7 Å². The summed E-state index contributed by atoms with van der Waals surface area (Å²) in [6.45, 7) is 15.2. The summed E-state index contributed by atoms with van der Waals surface area (Å²) in [4.78, 5) is 14.1. The Bertz CT molecular complexity index is 518. The number of rotatable bonds is 6. The van der Waals surface area contributed by atoms with E-state index >= 15 is 0 Å². The van der Waals surface area contributed by atoms with Crippen LogP contribution in [0, 0.1) is 20.8 Å². The second-order valence-electron chi connectivity index (χ2n) is 6.42. The Kier molecular flexibility index (Phi) is 6.11. The zero-order valence-corrected chi connectivity index (χ0v) is 14.4. The molecule has 0 aromatic heterocycles. The van der Waals surface area contributed by atoms with E-state index in [0.29, 0.717) is 12.6 Å². The zero-order chi connectivity index (χ0) is 16.3. The second-order valence-corrected chi connectivity index (χ2v) is 6.42. The summed E-state index contributed by atoms with van der Waals surface area (Å²) in [6.07, 6.45) is -0.356. The molecule has 0 saturated carbocycles. The Morgan fingerprint density at radius 2 is 1.76 bits per heavy atom. The molecule has 1 N–H and O–H groups in total. The van der Waals surface area contributed by atoms with Crippen molar-refractivity contribution in [3.8, 4) is 0 Å². The van der Waals surface area contributed by atoms with Crippen molar-refractivity contribution in [1.29, 1.82) is 0 Å². The lowest BCUT2D eigenvalue weighted by Crippen LogP contribution is -2.36. The molecule has 1 atom stereocenters. The van der Waals surface area contributed by atoms with Crippen LogP contribution in [0.1, 0.15) is 60.3 Å². The highest BCUT2D eigenvalue weighted by Crippen LogP contribution is 2.25. The van der Waals surface area contributed by atoms with Crippen LogP contribution in [0.4, 0.5) is 0 Å². The van der Waals surface area contributed by atoms with Gasteiger partial charge in [-0.2, -0.15) is 0 Å². The van der Waals surface area contributed by atoms with Crippen LogP contribution in [0.5, 0.6) is 0 Å². The lowest BCUT2D eigenvalue weighted by Gasteiger charge is -2.29. The lowest BCUT2D eigenvalue weighted by molar-refractivity contribution is 0.100. The highest BCUT2D eigenvalue weighted by Gasteiger charge is 2.18. The Morgan fingerprint density at radius 1 is 1.19 bits per heavy atom. The molecule has 0 aliphatic rings. The number of benzene rings is 1. The predicted octanol–water partition coefficient (Wildman–Crippen LogP) is 3.41. The molecule has 118 valence electrons. The summed E-state index contributed by atoms with van der Waals surface area (Å²) in [6, 6.07) is 2.44. The Labute approximate surface area is 129 Å². The van der Waals surface area contributed by atoms with Crippen LogP contribution in [0.25, 0.3) is 0 Å². The summed E-state index contributed by atoms with van der Waals surface area (Å²) < 4.78 is 0. The third-order valence-corrected chi connectivity index (χ3v) is 4.07. The summed E-state index contributed by atoms with van der Waals surface area (Å²) in [5.41, 5.74) is 5.40. The highest BCUT2D eigenvalue weighted by molar-refractivity contribution is 5.97. The third kappa shape index (κ3) is 4.39. The Morgan fingerprint density at radius 3 is 2.19 bits per heavy atom. The highest BCUT2D eigenvalue weighted by atomic mass is 16.3. The third-order valence-electron chi connectivity index (χ3n) is 4.07. The molecule has 1 aromatic carbocycles. The fourth-order valence-corrected chi connectivity index (χ4v) is 3.01. The number of aliphatic hydroxyl groups excluding tert-OH is 1. The summed E-state index contributed by atoms with van der Waals surface area (Å²) in [5, 5.41) is 9.68. The Hall–Kier alpha value is -1.19. The number of hydrogen-bond acceptors (Lipinski definition) is 3. The van der Waals surface area contributed by atoms with Crippen molar-refractivity contribution in [3.63, 3.8) is 0 Å². The minimum Gasteiger partial charge on any atom is -0.392 e. The molecule has 0 bridgehead atoms. The van der Waals surface area contributed by atoms with E-state index in [9.17, 15) is 9.90 Å². The van der Waals surface area contributed by atoms with E-state index in [0.717, 1.165) is 23.2 Å². The van der Waals surface area contributed by atoms with E-state index in [1.165, 1.54) is 11.1 Å². The van der Waals surface area contributed by atoms with Crippen molar-refractivity contribution in [2.45, 2.75) is 67.2 Å². The molecular weight excluding hydrogens is 262 g/mol. The van der Waals surface area contributed by atoms with Crippen LogP contribution >= 0.6 is 0 Å². The first-order chi connectivity index (χ1) is 9.65. The van der Waals surface area contributed by atoms with Gasteiger partial charge in [0.25, 0.3) is 0 Å². The molecule has 0 saturated heterocycles. The van der Waals surface area contributed by atoms with Crippen molar-refractivity contribution in [2.24, 2.45) is 0 Å². The normalized spacial score (nSPS) is 13.0. The van der Waals surface area contributed by atoms with E-state index in [2.05, 4.69) is 31.7 Å². The molecule has 3 nitrogen and oxygen atoms in total. The fraction of sp³-hybridized carbons (Fsp3) is 0.611. The summed E-state index contributed by atoms with van der Waals surface area (Å²) >= 11 is 0. The van der Waals surface area contributed by atoms with Gasteiger partial charge in [0, 0.05) is 24.7 Å². The average molecular weight is 291 g/mol. The van der Waals surface area contributed by atoms with Crippen LogP contribution in [0.2, 0.25) is 0 Å². The molecule has 0 spiro atoms. The van der Waals surface area contributed by atoms with Crippen LogP contribution in [-0.4, -0.2) is 34.5 Å². The first-order valence-electron chi connectivity index (χ1n) is 7.67. The van der Waals surface area contributed by atoms with E-state index in [1.54, 1.807) is 6.92 Å². The molecule has 1 rings (SSSR count). The molecule has 1 unspecified atom stereocenters. The van der Waals surface area contributed by atoms with E-state index in [1.807, 2.05) is 20.8 Å². The first kappa shape index (κ1) is 17.9. The standard InChI is InChI=1S/C18H29NO2/c1-11(2)19(9-14(5)20)10-17-12(3)8-13(4)18(15(17)6)16(7)21/h8,11,14,20H,9-10H2,1-7H3. The monoisotopic (exact) mass is 291 g/mol. The number of nitrogens with zero attached hydrogens (tertiary/aromatic N) is 1. The summed E-state index contributed by atoms with van der Waals surface area (Å²) in [5.74, 6) is 0.123. The van der Waals surface area contributed by atoms with E-state index < -0.39 is 0 Å². The number of hydrogen-bond donors (Lipinski definition) is 1. The number of carbonyl (C=O) groups excluding carboxylic acids is 1. The molecule has 0 fully saturated rings. The predicted molar refractivity (Wildman–Crippen MR) is 87.9 cm³/mol. The first-order valence-corrected chi connectivity index (χ1v) is 7.67. The maximum atomic E-state index is 11.9. The largest absolute Gasteiger partial charge is 0.392 e. The van der Waals surface area contributed by atoms with Crippen molar-refractivity contribution < 1.29 is 9.90 Å². The van der Waals surface area contributed by atoms with Gasteiger partial charge in [0.05, 0.1) is 6.10 Å². The molecule has 0 amide bonds. The van der Waals surface area contributed by atoms with Crippen molar-refractivity contribution in [1.82, 2.24) is 4.90 Å². The zero-order valence-electron chi connectivity index (χ0n) is 14.4. The molecule has 1 aromatic rings. The minimum absolute atomic E-state index is 0.123. The maximum Gasteiger partial charge on any atom is 0.160 e. The van der Waals surface area contributed by atoms with Crippen LogP contribution in [0.15, 0.2) is 6.07 Å². The van der Waals surface area contributed by atoms with Gasteiger partial charge in [-0.3, -0.25) is 9.69 Å². The van der Waals surface area contributed by atoms with Crippen LogP contribution in [-0.2, 0) is 6.54 Å². The molecule has 21 heavy (non-hydrogen) atoms. The van der Waals surface area contributed by atoms with E-state index in [-0.39, 0.29) is 11.9 Å². The molecule has 0 aliphatic heterocycles. The maximum absolute atomic E-state index is 11.9. The topological polar surface area (TPSA) is 40.5 Å². The molecule has 0 aliphatic carbocycles. The van der Waals surface area contributed by atoms with Gasteiger partial charge in [0.1, 0.15) is 0 Å². The fourth-order valence-electron chi connectivity index (χ4n) is 3.01. The number of carbonyl (C=O) groups is 1. The van der Waals surface area contributed by atoms with Crippen molar-refractivity contribution in [2.75, 3.05) is 6.54 Å². The van der Waals surface area contributed by atoms with Gasteiger partial charge in [0.2, 0.25) is 0 Å². The van der Waals surface area contributed by atoms with Gasteiger partial charge >= 0.3 is 0 Å². The number of ketones is 1. The smallest absolute Gasteiger partial charge is 0.160 e. The van der Waals surface area contributed by atoms with Crippen LogP contribution in [0.3, 0.4) is 0 Å².